The van der Waals surface area contributed by atoms with Gasteiger partial charge in [-0.15, -0.1) is 0 Å². The summed E-state index contributed by atoms with van der Waals surface area (Å²) < 4.78 is 0. The topological polar surface area (TPSA) is 32.3 Å². The third kappa shape index (κ3) is 3.14. The van der Waals surface area contributed by atoms with Crippen LogP contribution in [0.5, 0.6) is 0 Å². The van der Waals surface area contributed by atoms with Crippen molar-refractivity contribution in [1.29, 1.82) is 0 Å². The third-order valence-electron chi connectivity index (χ3n) is 3.84. The van der Waals surface area contributed by atoms with Gasteiger partial charge < -0.3 is 10.2 Å². The second-order valence-corrected chi connectivity index (χ2v) is 6.16. The Kier molecular flexibility index (Phi) is 4.84. The number of hydrogen-bond acceptors (Lipinski definition) is 1. The van der Waals surface area contributed by atoms with Gasteiger partial charge in [-0.1, -0.05) is 27.7 Å². The number of hydrogen-bond donors (Lipinski definition) is 1. The van der Waals surface area contributed by atoms with Crippen molar-refractivity contribution in [2.45, 2.75) is 60.0 Å². The fraction of sp³-hybridized carbons (Fsp3) is 0.929. The summed E-state index contributed by atoms with van der Waals surface area (Å²) in [5.74, 6) is 1.72. The molecule has 0 bridgehead atoms. The number of rotatable bonds is 3. The lowest BCUT2D eigenvalue weighted by Gasteiger charge is -2.41. The molecule has 1 fully saturated rings. The molecule has 2 atom stereocenters. The Bertz CT molecular complexity index is 261. The lowest BCUT2D eigenvalue weighted by molar-refractivity contribution is 0.0889. The number of urea groups is 1. The first kappa shape index (κ1) is 14.3. The summed E-state index contributed by atoms with van der Waals surface area (Å²) in [4.78, 5) is 14.2. The van der Waals surface area contributed by atoms with Crippen LogP contribution in [0.15, 0.2) is 0 Å². The number of carbonyl (C=O) groups excluding carboxylic acids is 1. The molecule has 3 heteroatoms. The normalized spacial score (nSPS) is 26.6. The Hall–Kier alpha value is -0.730. The molecule has 2 amide bonds. The van der Waals surface area contributed by atoms with Crippen molar-refractivity contribution < 1.29 is 4.79 Å². The highest BCUT2D eigenvalue weighted by Crippen LogP contribution is 2.31. The molecule has 0 aromatic carbocycles. The molecule has 1 N–H and O–H groups in total. The summed E-state index contributed by atoms with van der Waals surface area (Å²) in [5, 5.41) is 3.03. The van der Waals surface area contributed by atoms with E-state index in [4.69, 9.17) is 0 Å². The van der Waals surface area contributed by atoms with Crippen LogP contribution >= 0.6 is 0 Å². The average Bonchev–Trinajstić information content (AvgIpc) is 2.36. The van der Waals surface area contributed by atoms with Crippen molar-refractivity contribution >= 4 is 6.03 Å². The average molecular weight is 240 g/mol. The highest BCUT2D eigenvalue weighted by molar-refractivity contribution is 5.75. The van der Waals surface area contributed by atoms with Gasteiger partial charge >= 0.3 is 6.03 Å². The maximum absolute atomic E-state index is 12.2. The predicted molar refractivity (Wildman–Crippen MR) is 71.9 cm³/mol. The minimum absolute atomic E-state index is 0.113. The van der Waals surface area contributed by atoms with E-state index in [-0.39, 0.29) is 12.1 Å². The van der Waals surface area contributed by atoms with Gasteiger partial charge in [0.25, 0.3) is 0 Å². The summed E-state index contributed by atoms with van der Waals surface area (Å²) in [6, 6.07) is 0.737. The monoisotopic (exact) mass is 240 g/mol. The van der Waals surface area contributed by atoms with Gasteiger partial charge in [0.15, 0.2) is 0 Å². The zero-order valence-electron chi connectivity index (χ0n) is 12.2. The number of nitrogens with one attached hydrogen (secondary N) is 1. The maximum Gasteiger partial charge on any atom is 0.317 e. The molecule has 2 unspecified atom stereocenters. The number of nitrogens with zero attached hydrogens (tertiary/aromatic N) is 1. The molecular formula is C14H28N2O. The van der Waals surface area contributed by atoms with E-state index < -0.39 is 0 Å². The van der Waals surface area contributed by atoms with E-state index in [1.54, 1.807) is 0 Å². The Morgan fingerprint density at radius 3 is 2.12 bits per heavy atom. The number of carbonyl (C=O) groups is 1. The minimum Gasteiger partial charge on any atom is -0.338 e. The van der Waals surface area contributed by atoms with Crippen LogP contribution in [0.2, 0.25) is 0 Å². The van der Waals surface area contributed by atoms with Gasteiger partial charge in [-0.25, -0.2) is 4.79 Å². The first-order chi connectivity index (χ1) is 7.86. The zero-order valence-corrected chi connectivity index (χ0v) is 12.2. The Morgan fingerprint density at radius 1 is 1.12 bits per heavy atom. The van der Waals surface area contributed by atoms with Crippen LogP contribution in [0.25, 0.3) is 0 Å². The molecule has 17 heavy (non-hydrogen) atoms. The fourth-order valence-electron chi connectivity index (χ4n) is 3.07. The van der Waals surface area contributed by atoms with Crippen molar-refractivity contribution in [3.05, 3.63) is 0 Å². The molecule has 0 aromatic rings. The lowest BCUT2D eigenvalue weighted by Crippen LogP contribution is -2.52. The predicted octanol–water partition coefficient (Wildman–Crippen LogP) is 3.11. The van der Waals surface area contributed by atoms with E-state index in [1.165, 1.54) is 0 Å². The molecule has 3 nitrogen and oxygen atoms in total. The van der Waals surface area contributed by atoms with Gasteiger partial charge in [-0.2, -0.15) is 0 Å². The molecule has 1 saturated heterocycles. The second-order valence-electron chi connectivity index (χ2n) is 6.16. The molecule has 1 heterocycles. The first-order valence-electron chi connectivity index (χ1n) is 6.92. The van der Waals surface area contributed by atoms with Gasteiger partial charge in [0, 0.05) is 18.6 Å². The molecule has 0 aromatic heterocycles. The van der Waals surface area contributed by atoms with Gasteiger partial charge in [-0.3, -0.25) is 0 Å². The van der Waals surface area contributed by atoms with Crippen LogP contribution in [-0.2, 0) is 0 Å². The van der Waals surface area contributed by atoms with Crippen molar-refractivity contribution in [2.24, 2.45) is 17.8 Å². The highest BCUT2D eigenvalue weighted by atomic mass is 16.2. The molecule has 1 aliphatic rings. The molecule has 0 saturated carbocycles. The van der Waals surface area contributed by atoms with Crippen LogP contribution < -0.4 is 5.32 Å². The summed E-state index contributed by atoms with van der Waals surface area (Å²) in [6.07, 6.45) is 1.09. The van der Waals surface area contributed by atoms with Gasteiger partial charge in [-0.05, 0) is 38.0 Å². The molecule has 1 aliphatic heterocycles. The molecule has 0 radical (unpaired) electrons. The minimum atomic E-state index is 0.113. The standard InChI is InChI=1S/C14H28N2O/c1-9(2)12-7-8-15-14(17)16(11(5)6)13(12)10(3)4/h9-13H,7-8H2,1-6H3,(H,15,17). The largest absolute Gasteiger partial charge is 0.338 e. The van der Waals surface area contributed by atoms with Crippen molar-refractivity contribution in [3.8, 4) is 0 Å². The Labute approximate surface area is 106 Å². The highest BCUT2D eigenvalue weighted by Gasteiger charge is 2.37. The molecule has 1 rings (SSSR count). The van der Waals surface area contributed by atoms with Gasteiger partial charge in [0.05, 0.1) is 0 Å². The van der Waals surface area contributed by atoms with Crippen LogP contribution in [0.3, 0.4) is 0 Å². The molecule has 100 valence electrons. The second kappa shape index (κ2) is 5.74. The SMILES string of the molecule is CC(C)C1CCNC(=O)N(C(C)C)C1C(C)C. The summed E-state index contributed by atoms with van der Waals surface area (Å²) in [7, 11) is 0. The van der Waals surface area contributed by atoms with E-state index in [9.17, 15) is 4.79 Å². The van der Waals surface area contributed by atoms with Crippen LogP contribution in [0.1, 0.15) is 48.0 Å². The summed E-state index contributed by atoms with van der Waals surface area (Å²) in [5.41, 5.74) is 0. The Morgan fingerprint density at radius 2 is 1.71 bits per heavy atom. The smallest absolute Gasteiger partial charge is 0.317 e. The molecular weight excluding hydrogens is 212 g/mol. The van der Waals surface area contributed by atoms with Crippen LogP contribution in [0.4, 0.5) is 4.79 Å². The fourth-order valence-corrected chi connectivity index (χ4v) is 3.07. The van der Waals surface area contributed by atoms with E-state index in [0.29, 0.717) is 23.8 Å². The zero-order chi connectivity index (χ0) is 13.2. The van der Waals surface area contributed by atoms with E-state index in [1.807, 2.05) is 0 Å². The summed E-state index contributed by atoms with van der Waals surface area (Å²) >= 11 is 0. The van der Waals surface area contributed by atoms with Crippen molar-refractivity contribution in [2.75, 3.05) is 6.54 Å². The number of amides is 2. The molecule has 0 aliphatic carbocycles. The summed E-state index contributed by atoms with van der Waals surface area (Å²) in [6.45, 7) is 14.0. The first-order valence-corrected chi connectivity index (χ1v) is 6.92. The Balaban J connectivity index is 3.05. The van der Waals surface area contributed by atoms with E-state index in [2.05, 4.69) is 51.8 Å². The van der Waals surface area contributed by atoms with Gasteiger partial charge in [0.2, 0.25) is 0 Å². The lowest BCUT2D eigenvalue weighted by atomic mass is 9.79. The van der Waals surface area contributed by atoms with Gasteiger partial charge in [0.1, 0.15) is 0 Å². The maximum atomic E-state index is 12.2. The molecule has 0 spiro atoms. The van der Waals surface area contributed by atoms with E-state index >= 15 is 0 Å². The van der Waals surface area contributed by atoms with Crippen molar-refractivity contribution in [1.82, 2.24) is 10.2 Å². The van der Waals surface area contributed by atoms with E-state index in [0.717, 1.165) is 13.0 Å². The third-order valence-corrected chi connectivity index (χ3v) is 3.84. The quantitative estimate of drug-likeness (QED) is 0.807. The van der Waals surface area contributed by atoms with Crippen LogP contribution in [-0.4, -0.2) is 29.6 Å². The van der Waals surface area contributed by atoms with Crippen LogP contribution in [0, 0.1) is 17.8 Å². The van der Waals surface area contributed by atoms with Crippen molar-refractivity contribution in [3.63, 3.8) is 0 Å².